The summed E-state index contributed by atoms with van der Waals surface area (Å²) in [5, 5.41) is 3.56. The number of ether oxygens (including phenoxy) is 2. The zero-order chi connectivity index (χ0) is 19.5. The van der Waals surface area contributed by atoms with Crippen LogP contribution in [0.15, 0.2) is 47.3 Å². The Morgan fingerprint density at radius 1 is 1.21 bits per heavy atom. The minimum atomic E-state index is -0.151. The van der Waals surface area contributed by atoms with Gasteiger partial charge < -0.3 is 19.8 Å². The summed E-state index contributed by atoms with van der Waals surface area (Å²) >= 11 is 0. The Balaban J connectivity index is 1.31. The van der Waals surface area contributed by atoms with Gasteiger partial charge in [-0.2, -0.15) is 0 Å². The van der Waals surface area contributed by atoms with Crippen molar-refractivity contribution < 1.29 is 14.3 Å². The topological polar surface area (TPSA) is 93.3 Å². The van der Waals surface area contributed by atoms with Gasteiger partial charge in [0.25, 0.3) is 5.56 Å². The number of carbonyl (C=O) groups is 1. The van der Waals surface area contributed by atoms with E-state index in [1.54, 1.807) is 6.07 Å². The zero-order valence-corrected chi connectivity index (χ0v) is 15.5. The molecule has 0 spiro atoms. The lowest BCUT2D eigenvalue weighted by atomic mass is 10.1. The van der Waals surface area contributed by atoms with Crippen molar-refractivity contribution in [3.8, 4) is 11.5 Å². The number of H-pyrrole nitrogens is 1. The Kier molecular flexibility index (Phi) is 4.97. The highest BCUT2D eigenvalue weighted by Crippen LogP contribution is 2.34. The van der Waals surface area contributed by atoms with Gasteiger partial charge in [-0.05, 0) is 43.2 Å². The van der Waals surface area contributed by atoms with Crippen LogP contribution in [0.25, 0.3) is 10.9 Å². The van der Waals surface area contributed by atoms with Crippen molar-refractivity contribution in [1.82, 2.24) is 15.3 Å². The summed E-state index contributed by atoms with van der Waals surface area (Å²) in [4.78, 5) is 31.6. The minimum Gasteiger partial charge on any atom is -0.454 e. The molecular formula is C21H21N3O4. The van der Waals surface area contributed by atoms with Gasteiger partial charge in [0, 0.05) is 12.8 Å². The summed E-state index contributed by atoms with van der Waals surface area (Å²) in [6.07, 6.45) is 1.48. The molecule has 28 heavy (non-hydrogen) atoms. The number of aryl methyl sites for hydroxylation is 1. The molecule has 0 aliphatic carbocycles. The van der Waals surface area contributed by atoms with E-state index in [2.05, 4.69) is 15.3 Å². The third kappa shape index (κ3) is 3.83. The molecule has 1 amide bonds. The van der Waals surface area contributed by atoms with Crippen molar-refractivity contribution in [3.05, 3.63) is 64.2 Å². The Labute approximate surface area is 161 Å². The smallest absolute Gasteiger partial charge is 0.258 e. The van der Waals surface area contributed by atoms with Crippen LogP contribution >= 0.6 is 0 Å². The molecule has 0 bridgehead atoms. The van der Waals surface area contributed by atoms with E-state index in [-0.39, 0.29) is 24.3 Å². The molecule has 2 N–H and O–H groups in total. The fourth-order valence-corrected chi connectivity index (χ4v) is 3.25. The first-order chi connectivity index (χ1) is 13.6. The quantitative estimate of drug-likeness (QED) is 0.687. The van der Waals surface area contributed by atoms with Crippen LogP contribution < -0.4 is 20.3 Å². The zero-order valence-electron chi connectivity index (χ0n) is 15.5. The van der Waals surface area contributed by atoms with Crippen molar-refractivity contribution in [2.45, 2.75) is 32.2 Å². The molecule has 1 atom stereocenters. The third-order valence-electron chi connectivity index (χ3n) is 4.75. The predicted octanol–water partition coefficient (Wildman–Crippen LogP) is 2.85. The molecule has 7 heteroatoms. The number of aromatic amines is 1. The molecule has 144 valence electrons. The predicted molar refractivity (Wildman–Crippen MR) is 104 cm³/mol. The second kappa shape index (κ2) is 7.72. The van der Waals surface area contributed by atoms with Crippen LogP contribution in [0.5, 0.6) is 11.5 Å². The first kappa shape index (κ1) is 18.0. The van der Waals surface area contributed by atoms with E-state index in [9.17, 15) is 9.59 Å². The average Bonchev–Trinajstić information content (AvgIpc) is 3.16. The minimum absolute atomic E-state index is 0.0479. The van der Waals surface area contributed by atoms with Crippen LogP contribution in [0.1, 0.15) is 37.2 Å². The first-order valence-electron chi connectivity index (χ1n) is 9.27. The van der Waals surface area contributed by atoms with Crippen LogP contribution in [-0.2, 0) is 11.2 Å². The van der Waals surface area contributed by atoms with E-state index in [4.69, 9.17) is 9.47 Å². The molecule has 0 saturated heterocycles. The van der Waals surface area contributed by atoms with Gasteiger partial charge in [-0.3, -0.25) is 9.59 Å². The SMILES string of the molecule is CC(NC(=O)CCCc1nc2ccccc2c(=O)[nH]1)c1ccc2c(c1)OCO2. The average molecular weight is 379 g/mol. The lowest BCUT2D eigenvalue weighted by Crippen LogP contribution is -2.26. The summed E-state index contributed by atoms with van der Waals surface area (Å²) in [6, 6.07) is 12.7. The fraction of sp³-hybridized carbons (Fsp3) is 0.286. The number of hydrogen-bond donors (Lipinski definition) is 2. The monoisotopic (exact) mass is 379 g/mol. The van der Waals surface area contributed by atoms with Gasteiger partial charge in [0.1, 0.15) is 5.82 Å². The van der Waals surface area contributed by atoms with Crippen LogP contribution in [0, 0.1) is 0 Å². The van der Waals surface area contributed by atoms with E-state index >= 15 is 0 Å². The van der Waals surface area contributed by atoms with Crippen molar-refractivity contribution >= 4 is 16.8 Å². The normalized spacial score (nSPS) is 13.5. The summed E-state index contributed by atoms with van der Waals surface area (Å²) in [7, 11) is 0. The molecule has 2 aromatic carbocycles. The van der Waals surface area contributed by atoms with Crippen molar-refractivity contribution in [3.63, 3.8) is 0 Å². The molecule has 0 radical (unpaired) electrons. The van der Waals surface area contributed by atoms with E-state index in [0.717, 1.165) is 11.3 Å². The number of hydrogen-bond acceptors (Lipinski definition) is 5. The lowest BCUT2D eigenvalue weighted by molar-refractivity contribution is -0.121. The molecule has 1 aliphatic rings. The summed E-state index contributed by atoms with van der Waals surface area (Å²) < 4.78 is 10.7. The molecule has 1 aliphatic heterocycles. The maximum atomic E-state index is 12.3. The summed E-state index contributed by atoms with van der Waals surface area (Å²) in [6.45, 7) is 2.15. The molecule has 0 fully saturated rings. The van der Waals surface area contributed by atoms with Crippen LogP contribution in [0.3, 0.4) is 0 Å². The van der Waals surface area contributed by atoms with Gasteiger partial charge in [0.05, 0.1) is 16.9 Å². The molecule has 1 unspecified atom stereocenters. The van der Waals surface area contributed by atoms with Crippen molar-refractivity contribution in [2.75, 3.05) is 6.79 Å². The van der Waals surface area contributed by atoms with Gasteiger partial charge in [0.15, 0.2) is 11.5 Å². The first-order valence-corrected chi connectivity index (χ1v) is 9.27. The highest BCUT2D eigenvalue weighted by atomic mass is 16.7. The van der Waals surface area contributed by atoms with Gasteiger partial charge in [-0.1, -0.05) is 18.2 Å². The largest absolute Gasteiger partial charge is 0.454 e. The van der Waals surface area contributed by atoms with Crippen LogP contribution in [-0.4, -0.2) is 22.7 Å². The van der Waals surface area contributed by atoms with Gasteiger partial charge >= 0.3 is 0 Å². The summed E-state index contributed by atoms with van der Waals surface area (Å²) in [5.41, 5.74) is 1.47. The molecule has 0 saturated carbocycles. The number of benzene rings is 2. The highest BCUT2D eigenvalue weighted by Gasteiger charge is 2.16. The van der Waals surface area contributed by atoms with Gasteiger partial charge in [-0.25, -0.2) is 4.98 Å². The lowest BCUT2D eigenvalue weighted by Gasteiger charge is -2.15. The molecule has 1 aromatic heterocycles. The Morgan fingerprint density at radius 2 is 2.04 bits per heavy atom. The Morgan fingerprint density at radius 3 is 2.93 bits per heavy atom. The summed E-state index contributed by atoms with van der Waals surface area (Å²) in [5.74, 6) is 1.97. The Bertz CT molecular complexity index is 1080. The number of nitrogens with one attached hydrogen (secondary N) is 2. The molecule has 7 nitrogen and oxygen atoms in total. The fourth-order valence-electron chi connectivity index (χ4n) is 3.25. The maximum Gasteiger partial charge on any atom is 0.258 e. The van der Waals surface area contributed by atoms with E-state index in [1.807, 2.05) is 43.3 Å². The van der Waals surface area contributed by atoms with E-state index in [0.29, 0.717) is 41.7 Å². The number of amides is 1. The second-order valence-electron chi connectivity index (χ2n) is 6.79. The van der Waals surface area contributed by atoms with E-state index in [1.165, 1.54) is 0 Å². The Hall–Kier alpha value is -3.35. The van der Waals surface area contributed by atoms with Crippen LogP contribution in [0.4, 0.5) is 0 Å². The number of aromatic nitrogens is 2. The molecule has 3 aromatic rings. The number of carbonyl (C=O) groups excluding carboxylic acids is 1. The van der Waals surface area contributed by atoms with E-state index < -0.39 is 0 Å². The number of fused-ring (bicyclic) bond motifs is 2. The van der Waals surface area contributed by atoms with Crippen molar-refractivity contribution in [1.29, 1.82) is 0 Å². The van der Waals surface area contributed by atoms with Crippen LogP contribution in [0.2, 0.25) is 0 Å². The van der Waals surface area contributed by atoms with Gasteiger partial charge in [-0.15, -0.1) is 0 Å². The number of rotatable bonds is 6. The molecular weight excluding hydrogens is 358 g/mol. The maximum absolute atomic E-state index is 12.3. The number of para-hydroxylation sites is 1. The number of nitrogens with zero attached hydrogens (tertiary/aromatic N) is 1. The molecule has 2 heterocycles. The highest BCUT2D eigenvalue weighted by molar-refractivity contribution is 5.77. The third-order valence-corrected chi connectivity index (χ3v) is 4.75. The van der Waals surface area contributed by atoms with Crippen molar-refractivity contribution in [2.24, 2.45) is 0 Å². The second-order valence-corrected chi connectivity index (χ2v) is 6.79. The van der Waals surface area contributed by atoms with Gasteiger partial charge in [0.2, 0.25) is 12.7 Å². The standard InChI is InChI=1S/C21H21N3O4/c1-13(14-9-10-17-18(11-14)28-12-27-17)22-20(25)8-4-7-19-23-16-6-3-2-5-15(16)21(26)24-19/h2-3,5-6,9-11,13H,4,7-8,12H2,1H3,(H,22,25)(H,23,24,26). The molecule has 4 rings (SSSR count).